The van der Waals surface area contributed by atoms with E-state index >= 15 is 0 Å². The minimum atomic E-state index is -0.176. The average molecular weight is 330 g/mol. The summed E-state index contributed by atoms with van der Waals surface area (Å²) in [6.45, 7) is 3.17. The maximum Gasteiger partial charge on any atom is 0.267 e. The molecular weight excluding hydrogens is 318 g/mol. The Balaban J connectivity index is 1.66. The molecular formula is C12H12ClN3O2S2. The summed E-state index contributed by atoms with van der Waals surface area (Å²) < 4.78 is 5.91. The lowest BCUT2D eigenvalue weighted by Gasteiger charge is -2.26. The standard InChI is InChI=1S/C12H12ClN3O2S2/c13-9-2-1-8(19-9)11(17)15-12-14-7-10(20-12)16-3-5-18-6-4-16/h1-2,7H,3-6H2,(H,14,15,17). The summed E-state index contributed by atoms with van der Waals surface area (Å²) in [5, 5.41) is 4.44. The van der Waals surface area contributed by atoms with Gasteiger partial charge in [0.15, 0.2) is 5.13 Å². The number of carbonyl (C=O) groups excluding carboxylic acids is 1. The normalized spacial score (nSPS) is 15.3. The molecule has 2 aromatic heterocycles. The van der Waals surface area contributed by atoms with Gasteiger partial charge in [0.2, 0.25) is 0 Å². The lowest BCUT2D eigenvalue weighted by Crippen LogP contribution is -2.35. The Hall–Kier alpha value is -1.15. The molecule has 5 nitrogen and oxygen atoms in total. The average Bonchev–Trinajstić information content (AvgIpc) is 3.09. The largest absolute Gasteiger partial charge is 0.378 e. The van der Waals surface area contributed by atoms with Gasteiger partial charge >= 0.3 is 0 Å². The van der Waals surface area contributed by atoms with Gasteiger partial charge in [0.1, 0.15) is 5.00 Å². The van der Waals surface area contributed by atoms with Crippen LogP contribution in [0.15, 0.2) is 18.3 Å². The highest BCUT2D eigenvalue weighted by atomic mass is 35.5. The number of rotatable bonds is 3. The van der Waals surface area contributed by atoms with Crippen LogP contribution >= 0.6 is 34.3 Å². The van der Waals surface area contributed by atoms with Crippen LogP contribution in [0, 0.1) is 0 Å². The molecule has 1 saturated heterocycles. The third-order valence-electron chi connectivity index (χ3n) is 2.83. The molecule has 1 N–H and O–H groups in total. The SMILES string of the molecule is O=C(Nc1ncc(N2CCOCC2)s1)c1ccc(Cl)s1. The summed E-state index contributed by atoms with van der Waals surface area (Å²) in [7, 11) is 0. The summed E-state index contributed by atoms with van der Waals surface area (Å²) >= 11 is 8.54. The number of hydrogen-bond donors (Lipinski definition) is 1. The number of morpholine rings is 1. The molecule has 0 spiro atoms. The number of thiophene rings is 1. The van der Waals surface area contributed by atoms with Crippen molar-refractivity contribution in [2.45, 2.75) is 0 Å². The van der Waals surface area contributed by atoms with Crippen LogP contribution in [0.2, 0.25) is 4.34 Å². The van der Waals surface area contributed by atoms with E-state index in [0.29, 0.717) is 14.3 Å². The molecule has 3 rings (SSSR count). The molecule has 0 atom stereocenters. The van der Waals surface area contributed by atoms with Gasteiger partial charge in [-0.3, -0.25) is 10.1 Å². The molecule has 0 bridgehead atoms. The fourth-order valence-electron chi connectivity index (χ4n) is 1.85. The number of hydrogen-bond acceptors (Lipinski definition) is 6. The molecule has 1 aliphatic heterocycles. The van der Waals surface area contributed by atoms with E-state index in [1.54, 1.807) is 18.3 Å². The Labute approximate surface area is 129 Å². The third kappa shape index (κ3) is 3.12. The van der Waals surface area contributed by atoms with Gasteiger partial charge in [-0.1, -0.05) is 22.9 Å². The van der Waals surface area contributed by atoms with Gasteiger partial charge in [0.25, 0.3) is 5.91 Å². The molecule has 1 amide bonds. The van der Waals surface area contributed by atoms with Crippen LogP contribution in [0.25, 0.3) is 0 Å². The van der Waals surface area contributed by atoms with Gasteiger partial charge in [-0.05, 0) is 12.1 Å². The van der Waals surface area contributed by atoms with Gasteiger partial charge < -0.3 is 9.64 Å². The molecule has 20 heavy (non-hydrogen) atoms. The van der Waals surface area contributed by atoms with E-state index in [-0.39, 0.29) is 5.91 Å². The first-order valence-corrected chi connectivity index (χ1v) is 8.09. The zero-order valence-corrected chi connectivity index (χ0v) is 12.9. The topological polar surface area (TPSA) is 54.5 Å². The van der Waals surface area contributed by atoms with Crippen LogP contribution in [0.5, 0.6) is 0 Å². The lowest BCUT2D eigenvalue weighted by atomic mass is 10.4. The number of anilines is 2. The summed E-state index contributed by atoms with van der Waals surface area (Å²) in [5.41, 5.74) is 0. The highest BCUT2D eigenvalue weighted by molar-refractivity contribution is 7.20. The number of nitrogens with one attached hydrogen (secondary N) is 1. The van der Waals surface area contributed by atoms with E-state index in [2.05, 4.69) is 15.2 Å². The number of ether oxygens (including phenoxy) is 1. The molecule has 8 heteroatoms. The first-order valence-electron chi connectivity index (χ1n) is 6.07. The Morgan fingerprint density at radius 1 is 1.35 bits per heavy atom. The van der Waals surface area contributed by atoms with Crippen molar-refractivity contribution in [2.75, 3.05) is 36.5 Å². The fourth-order valence-corrected chi connectivity index (χ4v) is 3.65. The maximum absolute atomic E-state index is 12.0. The first kappa shape index (κ1) is 13.8. The zero-order valence-electron chi connectivity index (χ0n) is 10.5. The van der Waals surface area contributed by atoms with Gasteiger partial charge in [-0.15, -0.1) is 11.3 Å². The highest BCUT2D eigenvalue weighted by Gasteiger charge is 2.16. The molecule has 0 radical (unpaired) electrons. The molecule has 106 valence electrons. The van der Waals surface area contributed by atoms with E-state index in [0.717, 1.165) is 31.3 Å². The molecule has 0 saturated carbocycles. The van der Waals surface area contributed by atoms with Gasteiger partial charge in [-0.25, -0.2) is 4.98 Å². The van der Waals surface area contributed by atoms with Crippen molar-refractivity contribution < 1.29 is 9.53 Å². The molecule has 1 fully saturated rings. The van der Waals surface area contributed by atoms with Crippen LogP contribution in [0.4, 0.5) is 10.1 Å². The second kappa shape index (κ2) is 6.09. The Kier molecular flexibility index (Phi) is 4.21. The number of thiazole rings is 1. The van der Waals surface area contributed by atoms with Gasteiger partial charge in [-0.2, -0.15) is 0 Å². The van der Waals surface area contributed by atoms with Crippen LogP contribution in [0.3, 0.4) is 0 Å². The van der Waals surface area contributed by atoms with E-state index in [1.807, 2.05) is 0 Å². The van der Waals surface area contributed by atoms with Crippen molar-refractivity contribution in [3.8, 4) is 0 Å². The van der Waals surface area contributed by atoms with Crippen molar-refractivity contribution in [1.29, 1.82) is 0 Å². The van der Waals surface area contributed by atoms with Crippen molar-refractivity contribution in [2.24, 2.45) is 0 Å². The minimum Gasteiger partial charge on any atom is -0.378 e. The highest BCUT2D eigenvalue weighted by Crippen LogP contribution is 2.29. The number of amides is 1. The number of aromatic nitrogens is 1. The number of halogens is 1. The summed E-state index contributed by atoms with van der Waals surface area (Å²) in [6, 6.07) is 3.42. The van der Waals surface area contributed by atoms with Crippen molar-refractivity contribution in [1.82, 2.24) is 4.98 Å². The summed E-state index contributed by atoms with van der Waals surface area (Å²) in [6.07, 6.45) is 1.78. The van der Waals surface area contributed by atoms with Crippen LogP contribution in [-0.4, -0.2) is 37.2 Å². The molecule has 0 aromatic carbocycles. The summed E-state index contributed by atoms with van der Waals surface area (Å²) in [5.74, 6) is -0.176. The Bertz CT molecular complexity index is 607. The monoisotopic (exact) mass is 329 g/mol. The summed E-state index contributed by atoms with van der Waals surface area (Å²) in [4.78, 5) is 19.0. The van der Waals surface area contributed by atoms with Gasteiger partial charge in [0.05, 0.1) is 28.6 Å². The zero-order chi connectivity index (χ0) is 13.9. The van der Waals surface area contributed by atoms with Crippen LogP contribution < -0.4 is 10.2 Å². The third-order valence-corrected chi connectivity index (χ3v) is 5.04. The molecule has 0 aliphatic carbocycles. The van der Waals surface area contributed by atoms with Crippen LogP contribution in [0.1, 0.15) is 9.67 Å². The minimum absolute atomic E-state index is 0.176. The maximum atomic E-state index is 12.0. The molecule has 2 aromatic rings. The lowest BCUT2D eigenvalue weighted by molar-refractivity contribution is 0.103. The molecule has 1 aliphatic rings. The predicted molar refractivity (Wildman–Crippen MR) is 82.4 cm³/mol. The van der Waals surface area contributed by atoms with Gasteiger partial charge in [0, 0.05) is 13.1 Å². The second-order valence-electron chi connectivity index (χ2n) is 4.16. The second-order valence-corrected chi connectivity index (χ2v) is 6.89. The Morgan fingerprint density at radius 3 is 2.85 bits per heavy atom. The van der Waals surface area contributed by atoms with E-state index in [9.17, 15) is 4.79 Å². The van der Waals surface area contributed by atoms with Crippen molar-refractivity contribution in [3.63, 3.8) is 0 Å². The Morgan fingerprint density at radius 2 is 2.15 bits per heavy atom. The van der Waals surface area contributed by atoms with E-state index in [1.165, 1.54) is 22.7 Å². The quantitative estimate of drug-likeness (QED) is 0.940. The fraction of sp³-hybridized carbons (Fsp3) is 0.333. The van der Waals surface area contributed by atoms with Crippen LogP contribution in [-0.2, 0) is 4.74 Å². The molecule has 3 heterocycles. The smallest absolute Gasteiger partial charge is 0.267 e. The van der Waals surface area contributed by atoms with Crippen molar-refractivity contribution >= 4 is 50.3 Å². The molecule has 0 unspecified atom stereocenters. The van der Waals surface area contributed by atoms with E-state index in [4.69, 9.17) is 16.3 Å². The predicted octanol–water partition coefficient (Wildman–Crippen LogP) is 2.95. The van der Waals surface area contributed by atoms with E-state index < -0.39 is 0 Å². The number of carbonyl (C=O) groups is 1. The number of nitrogens with zero attached hydrogens (tertiary/aromatic N) is 2. The first-order chi connectivity index (χ1) is 9.72. The van der Waals surface area contributed by atoms with Crippen molar-refractivity contribution in [3.05, 3.63) is 27.5 Å².